The Hall–Kier alpha value is -2.34. The summed E-state index contributed by atoms with van der Waals surface area (Å²) in [6, 6.07) is 1.40. The van der Waals surface area contributed by atoms with Gasteiger partial charge in [0.1, 0.15) is 6.61 Å². The van der Waals surface area contributed by atoms with Crippen molar-refractivity contribution >= 4 is 11.5 Å². The van der Waals surface area contributed by atoms with Crippen molar-refractivity contribution in [1.29, 1.82) is 0 Å². The first kappa shape index (κ1) is 24.9. The van der Waals surface area contributed by atoms with Gasteiger partial charge in [-0.15, -0.1) is 0 Å². The van der Waals surface area contributed by atoms with Crippen LogP contribution >= 0.6 is 0 Å². The van der Waals surface area contributed by atoms with Crippen molar-refractivity contribution in [3.05, 3.63) is 46.7 Å². The largest absolute Gasteiger partial charge is 0.483 e. The summed E-state index contributed by atoms with van der Waals surface area (Å²) >= 11 is 0. The van der Waals surface area contributed by atoms with E-state index in [0.29, 0.717) is 23.6 Å². The number of anilines is 1. The number of Topliss-reactive ketones (excluding diaryl/α,β-unsaturated/α-hetero) is 1. The zero-order valence-corrected chi connectivity index (χ0v) is 16.4. The Kier molecular flexibility index (Phi) is 14.0. The van der Waals surface area contributed by atoms with Gasteiger partial charge in [-0.3, -0.25) is 4.79 Å². The Morgan fingerprint density at radius 3 is 2.16 bits per heavy atom. The molecular formula is C19H31NO5. The van der Waals surface area contributed by atoms with E-state index < -0.39 is 5.63 Å². The minimum atomic E-state index is -0.740. The van der Waals surface area contributed by atoms with Gasteiger partial charge in [0, 0.05) is 25.8 Å². The predicted octanol–water partition coefficient (Wildman–Crippen LogP) is 4.42. The molecule has 0 radical (unpaired) electrons. The number of hydrogen-bond acceptors (Lipinski definition) is 6. The molecule has 142 valence electrons. The molecular weight excluding hydrogens is 322 g/mol. The molecule has 1 N–H and O–H groups in total. The summed E-state index contributed by atoms with van der Waals surface area (Å²) < 4.78 is 15.1. The Balaban J connectivity index is 0. The standard InChI is InChI=1S/C15H19NO5.2C2H6/c1-9(2)10(3)16-12-8-13(11(4)17)21-15(18)14(12)20-7-6-19-5;2*1-2/h8,16H,1,3,6-7H2,2,4-5H3;2*1-2H3. The van der Waals surface area contributed by atoms with E-state index in [1.54, 1.807) is 6.92 Å². The lowest BCUT2D eigenvalue weighted by molar-refractivity contribution is 0.0980. The van der Waals surface area contributed by atoms with Crippen LogP contribution in [-0.2, 0) is 4.74 Å². The van der Waals surface area contributed by atoms with Gasteiger partial charge in [0.15, 0.2) is 11.5 Å². The van der Waals surface area contributed by atoms with Crippen LogP contribution in [0.15, 0.2) is 39.7 Å². The Labute approximate surface area is 150 Å². The first-order valence-corrected chi connectivity index (χ1v) is 8.29. The van der Waals surface area contributed by atoms with Gasteiger partial charge in [-0.1, -0.05) is 40.9 Å². The van der Waals surface area contributed by atoms with Crippen molar-refractivity contribution in [2.45, 2.75) is 41.5 Å². The zero-order chi connectivity index (χ0) is 20.0. The molecule has 0 aromatic carbocycles. The van der Waals surface area contributed by atoms with E-state index in [4.69, 9.17) is 13.9 Å². The molecule has 0 unspecified atom stereocenters. The van der Waals surface area contributed by atoms with Gasteiger partial charge in [-0.05, 0) is 12.5 Å². The molecule has 0 spiro atoms. The molecule has 0 atom stereocenters. The minimum Gasteiger partial charge on any atom is -0.483 e. The van der Waals surface area contributed by atoms with Crippen LogP contribution < -0.4 is 15.7 Å². The monoisotopic (exact) mass is 353 g/mol. The SMILES string of the molecule is C=C(C)C(=C)Nc1cc(C(C)=O)oc(=O)c1OCCOC.CC.CC. The summed E-state index contributed by atoms with van der Waals surface area (Å²) in [6.45, 7) is 19.1. The van der Waals surface area contributed by atoms with Gasteiger partial charge in [0.05, 0.1) is 12.3 Å². The molecule has 1 rings (SSSR count). The van der Waals surface area contributed by atoms with Crippen LogP contribution in [0.5, 0.6) is 5.75 Å². The summed E-state index contributed by atoms with van der Waals surface area (Å²) in [7, 11) is 1.52. The highest BCUT2D eigenvalue weighted by atomic mass is 16.5. The number of ether oxygens (including phenoxy) is 2. The van der Waals surface area contributed by atoms with Gasteiger partial charge in [-0.2, -0.15) is 0 Å². The molecule has 0 bridgehead atoms. The summed E-state index contributed by atoms with van der Waals surface area (Å²) in [4.78, 5) is 23.3. The highest BCUT2D eigenvalue weighted by Crippen LogP contribution is 2.24. The topological polar surface area (TPSA) is 77.8 Å². The maximum absolute atomic E-state index is 11.9. The molecule has 0 aliphatic carbocycles. The first-order valence-electron chi connectivity index (χ1n) is 8.29. The lowest BCUT2D eigenvalue weighted by Crippen LogP contribution is -2.16. The number of rotatable bonds is 8. The highest BCUT2D eigenvalue weighted by Gasteiger charge is 2.16. The van der Waals surface area contributed by atoms with E-state index in [2.05, 4.69) is 18.5 Å². The van der Waals surface area contributed by atoms with E-state index >= 15 is 0 Å². The fourth-order valence-corrected chi connectivity index (χ4v) is 1.38. The van der Waals surface area contributed by atoms with Crippen molar-refractivity contribution in [2.75, 3.05) is 25.6 Å². The van der Waals surface area contributed by atoms with Crippen molar-refractivity contribution in [3.63, 3.8) is 0 Å². The summed E-state index contributed by atoms with van der Waals surface area (Å²) in [5.41, 5.74) is 0.763. The molecule has 6 heteroatoms. The Bertz CT molecular complexity index is 617. The Morgan fingerprint density at radius 2 is 1.72 bits per heavy atom. The molecule has 0 amide bonds. The van der Waals surface area contributed by atoms with E-state index in [9.17, 15) is 9.59 Å². The molecule has 6 nitrogen and oxygen atoms in total. The maximum Gasteiger partial charge on any atom is 0.381 e. The number of methoxy groups -OCH3 is 1. The molecule has 0 aliphatic heterocycles. The van der Waals surface area contributed by atoms with E-state index in [0.717, 1.165) is 0 Å². The van der Waals surface area contributed by atoms with Crippen molar-refractivity contribution in [1.82, 2.24) is 0 Å². The molecule has 1 aromatic rings. The number of carbonyl (C=O) groups excluding carboxylic acids is 1. The molecule has 0 fully saturated rings. The third kappa shape index (κ3) is 8.91. The lowest BCUT2D eigenvalue weighted by atomic mass is 10.2. The van der Waals surface area contributed by atoms with Crippen LogP contribution in [0, 0.1) is 0 Å². The molecule has 0 saturated carbocycles. The van der Waals surface area contributed by atoms with Crippen molar-refractivity contribution < 1.29 is 18.7 Å². The molecule has 0 saturated heterocycles. The number of allylic oxidation sites excluding steroid dienone is 1. The molecule has 1 heterocycles. The second-order valence-corrected chi connectivity index (χ2v) is 4.42. The average Bonchev–Trinajstić information content (AvgIpc) is 2.60. The number of hydrogen-bond donors (Lipinski definition) is 1. The summed E-state index contributed by atoms with van der Waals surface area (Å²) in [5.74, 6) is -0.449. The van der Waals surface area contributed by atoms with Gasteiger partial charge >= 0.3 is 5.63 Å². The molecule has 0 aliphatic rings. The van der Waals surface area contributed by atoms with Crippen LogP contribution in [0.1, 0.15) is 52.1 Å². The average molecular weight is 353 g/mol. The maximum atomic E-state index is 11.9. The van der Waals surface area contributed by atoms with E-state index in [-0.39, 0.29) is 23.9 Å². The van der Waals surface area contributed by atoms with Gasteiger partial charge in [-0.25, -0.2) is 4.79 Å². The third-order valence-corrected chi connectivity index (χ3v) is 2.59. The second kappa shape index (κ2) is 14.0. The van der Waals surface area contributed by atoms with Crippen LogP contribution in [-0.4, -0.2) is 26.1 Å². The predicted molar refractivity (Wildman–Crippen MR) is 103 cm³/mol. The van der Waals surface area contributed by atoms with Gasteiger partial charge < -0.3 is 19.2 Å². The van der Waals surface area contributed by atoms with Gasteiger partial charge in [0.25, 0.3) is 0 Å². The van der Waals surface area contributed by atoms with Crippen LogP contribution in [0.25, 0.3) is 0 Å². The number of nitrogens with one attached hydrogen (secondary N) is 1. The zero-order valence-electron chi connectivity index (χ0n) is 16.4. The quantitative estimate of drug-likeness (QED) is 0.423. The van der Waals surface area contributed by atoms with Crippen LogP contribution in [0.4, 0.5) is 5.69 Å². The van der Waals surface area contributed by atoms with Gasteiger partial charge in [0.2, 0.25) is 5.75 Å². The highest BCUT2D eigenvalue weighted by molar-refractivity contribution is 5.92. The van der Waals surface area contributed by atoms with Crippen molar-refractivity contribution in [3.8, 4) is 5.75 Å². The summed E-state index contributed by atoms with van der Waals surface area (Å²) in [6.07, 6.45) is 0. The van der Waals surface area contributed by atoms with Crippen LogP contribution in [0.2, 0.25) is 0 Å². The first-order chi connectivity index (χ1) is 11.9. The molecule has 1 aromatic heterocycles. The van der Waals surface area contributed by atoms with Crippen molar-refractivity contribution in [2.24, 2.45) is 0 Å². The molecule has 25 heavy (non-hydrogen) atoms. The second-order valence-electron chi connectivity index (χ2n) is 4.42. The summed E-state index contributed by atoms with van der Waals surface area (Å²) in [5, 5.41) is 2.90. The third-order valence-electron chi connectivity index (χ3n) is 2.59. The fraction of sp³-hybridized carbons (Fsp3) is 0.474. The van der Waals surface area contributed by atoms with Crippen LogP contribution in [0.3, 0.4) is 0 Å². The smallest absolute Gasteiger partial charge is 0.381 e. The van der Waals surface area contributed by atoms with E-state index in [1.165, 1.54) is 20.1 Å². The minimum absolute atomic E-state index is 0.0283. The van der Waals surface area contributed by atoms with E-state index in [1.807, 2.05) is 27.7 Å². The number of ketones is 1. The number of carbonyl (C=O) groups is 1. The lowest BCUT2D eigenvalue weighted by Gasteiger charge is -2.14. The Morgan fingerprint density at radius 1 is 1.16 bits per heavy atom. The normalized spacial score (nSPS) is 8.92. The fourth-order valence-electron chi connectivity index (χ4n) is 1.38.